The van der Waals surface area contributed by atoms with E-state index in [0.29, 0.717) is 30.9 Å². The molecule has 1 aliphatic heterocycles. The van der Waals surface area contributed by atoms with Gasteiger partial charge in [0.1, 0.15) is 23.5 Å². The van der Waals surface area contributed by atoms with E-state index in [4.69, 9.17) is 0 Å². The predicted molar refractivity (Wildman–Crippen MR) is 102 cm³/mol. The monoisotopic (exact) mass is 398 g/mol. The van der Waals surface area contributed by atoms with Crippen LogP contribution in [-0.4, -0.2) is 32.7 Å². The van der Waals surface area contributed by atoms with Gasteiger partial charge in [-0.05, 0) is 65.2 Å². The smallest absolute Gasteiger partial charge is 0.249 e. The molecule has 29 heavy (non-hydrogen) atoms. The topological polar surface area (TPSA) is 84.7 Å². The van der Waals surface area contributed by atoms with Gasteiger partial charge < -0.3 is 10.6 Å². The Hall–Kier alpha value is -3.20. The van der Waals surface area contributed by atoms with E-state index in [0.717, 1.165) is 11.1 Å². The predicted octanol–water partition coefficient (Wildman–Crippen LogP) is 2.33. The van der Waals surface area contributed by atoms with E-state index in [-0.39, 0.29) is 17.9 Å². The Kier molecular flexibility index (Phi) is 5.30. The maximum absolute atomic E-state index is 14.9. The first-order chi connectivity index (χ1) is 14.0. The number of halogens is 2. The van der Waals surface area contributed by atoms with Crippen molar-refractivity contribution in [2.75, 3.05) is 11.9 Å². The van der Waals surface area contributed by atoms with Gasteiger partial charge in [0.15, 0.2) is 0 Å². The highest BCUT2D eigenvalue weighted by atomic mass is 19.1. The number of carbonyl (C=O) groups excluding carboxylic acids is 1. The number of aromatic nitrogens is 4. The summed E-state index contributed by atoms with van der Waals surface area (Å²) in [5.74, 6) is -0.771. The van der Waals surface area contributed by atoms with Crippen LogP contribution in [0.1, 0.15) is 28.6 Å². The molecule has 3 aromatic rings. The van der Waals surface area contributed by atoms with Crippen LogP contribution in [-0.2, 0) is 24.2 Å². The molecule has 1 unspecified atom stereocenters. The van der Waals surface area contributed by atoms with Crippen LogP contribution >= 0.6 is 0 Å². The molecule has 0 radical (unpaired) electrons. The molecule has 1 aromatic heterocycles. The van der Waals surface area contributed by atoms with Gasteiger partial charge in [-0.25, -0.2) is 13.5 Å². The molecule has 0 saturated heterocycles. The van der Waals surface area contributed by atoms with E-state index < -0.39 is 17.8 Å². The van der Waals surface area contributed by atoms with Crippen molar-refractivity contribution in [2.45, 2.75) is 32.4 Å². The van der Waals surface area contributed by atoms with Gasteiger partial charge in [0.05, 0.1) is 5.69 Å². The van der Waals surface area contributed by atoms with Crippen molar-refractivity contribution < 1.29 is 13.6 Å². The molecule has 1 aliphatic rings. The Morgan fingerprint density at radius 3 is 2.76 bits per heavy atom. The zero-order valence-electron chi connectivity index (χ0n) is 15.8. The fourth-order valence-corrected chi connectivity index (χ4v) is 3.51. The van der Waals surface area contributed by atoms with Crippen LogP contribution in [0.5, 0.6) is 0 Å². The fourth-order valence-electron chi connectivity index (χ4n) is 3.51. The van der Waals surface area contributed by atoms with E-state index in [2.05, 4.69) is 26.2 Å². The summed E-state index contributed by atoms with van der Waals surface area (Å²) >= 11 is 0. The molecule has 0 bridgehead atoms. The number of hydrogen-bond donors (Lipinski definition) is 2. The second-order valence-electron chi connectivity index (χ2n) is 7.00. The number of carbonyl (C=O) groups is 1. The normalized spacial score (nSPS) is 14.3. The lowest BCUT2D eigenvalue weighted by molar-refractivity contribution is -0.119. The number of rotatable bonds is 5. The lowest BCUT2D eigenvalue weighted by atomic mass is 9.99. The Morgan fingerprint density at radius 2 is 2.03 bits per heavy atom. The Labute approximate surface area is 166 Å². The zero-order chi connectivity index (χ0) is 20.4. The van der Waals surface area contributed by atoms with Crippen molar-refractivity contribution in [3.63, 3.8) is 0 Å². The summed E-state index contributed by atoms with van der Waals surface area (Å²) in [5, 5.41) is 17.2. The highest BCUT2D eigenvalue weighted by Gasteiger charge is 2.26. The van der Waals surface area contributed by atoms with E-state index in [1.165, 1.54) is 16.8 Å². The number of anilines is 1. The van der Waals surface area contributed by atoms with E-state index in [1.807, 2.05) is 6.07 Å². The number of hydrogen-bond acceptors (Lipinski definition) is 5. The number of tetrazole rings is 1. The molecule has 0 aliphatic carbocycles. The standard InChI is InChI=1S/C20H20F2N6O/c1-12-25-26-27-28(12)18(10-13-2-5-15(21)6-3-13)20(29)24-17-7-4-14-11-23-9-8-16(14)19(17)22/h2-7,18,23H,8-11H2,1H3,(H,24,29). The van der Waals surface area contributed by atoms with Crippen LogP contribution in [0.2, 0.25) is 0 Å². The maximum Gasteiger partial charge on any atom is 0.249 e. The van der Waals surface area contributed by atoms with Gasteiger partial charge >= 0.3 is 0 Å². The molecule has 1 atom stereocenters. The van der Waals surface area contributed by atoms with Crippen molar-refractivity contribution >= 4 is 11.6 Å². The lowest BCUT2D eigenvalue weighted by Gasteiger charge is -2.21. The molecule has 9 heteroatoms. The van der Waals surface area contributed by atoms with Gasteiger partial charge in [0.2, 0.25) is 5.91 Å². The van der Waals surface area contributed by atoms with Gasteiger partial charge in [0.25, 0.3) is 0 Å². The minimum absolute atomic E-state index is 0.130. The van der Waals surface area contributed by atoms with Crippen molar-refractivity contribution in [3.8, 4) is 0 Å². The quantitative estimate of drug-likeness (QED) is 0.689. The number of fused-ring (bicyclic) bond motifs is 1. The van der Waals surface area contributed by atoms with Crippen LogP contribution in [0.4, 0.5) is 14.5 Å². The van der Waals surface area contributed by atoms with Crippen LogP contribution in [0.15, 0.2) is 36.4 Å². The Bertz CT molecular complexity index is 1030. The lowest BCUT2D eigenvalue weighted by Crippen LogP contribution is -2.30. The molecule has 0 spiro atoms. The van der Waals surface area contributed by atoms with Gasteiger partial charge in [0, 0.05) is 13.0 Å². The summed E-state index contributed by atoms with van der Waals surface area (Å²) < 4.78 is 29.6. The van der Waals surface area contributed by atoms with Gasteiger partial charge in [-0.3, -0.25) is 4.79 Å². The molecule has 1 amide bonds. The summed E-state index contributed by atoms with van der Waals surface area (Å²) in [5.41, 5.74) is 2.38. The molecular weight excluding hydrogens is 378 g/mol. The minimum Gasteiger partial charge on any atom is -0.322 e. The average Bonchev–Trinajstić information content (AvgIpc) is 3.15. The van der Waals surface area contributed by atoms with E-state index in [9.17, 15) is 13.6 Å². The summed E-state index contributed by atoms with van der Waals surface area (Å²) in [4.78, 5) is 13.1. The highest BCUT2D eigenvalue weighted by Crippen LogP contribution is 2.26. The van der Waals surface area contributed by atoms with Crippen molar-refractivity contribution in [2.24, 2.45) is 0 Å². The first-order valence-corrected chi connectivity index (χ1v) is 9.33. The van der Waals surface area contributed by atoms with Gasteiger partial charge in [-0.1, -0.05) is 18.2 Å². The van der Waals surface area contributed by atoms with Crippen LogP contribution in [0, 0.1) is 18.6 Å². The molecule has 2 heterocycles. The van der Waals surface area contributed by atoms with Crippen molar-refractivity contribution in [1.82, 2.24) is 25.5 Å². The van der Waals surface area contributed by atoms with Crippen LogP contribution in [0.3, 0.4) is 0 Å². The Morgan fingerprint density at radius 1 is 1.24 bits per heavy atom. The largest absolute Gasteiger partial charge is 0.322 e. The molecular formula is C20H20F2N6O. The second-order valence-corrected chi connectivity index (χ2v) is 7.00. The third-order valence-corrected chi connectivity index (χ3v) is 5.06. The van der Waals surface area contributed by atoms with Crippen LogP contribution in [0.25, 0.3) is 0 Å². The third kappa shape index (κ3) is 4.00. The molecule has 4 rings (SSSR count). The molecule has 2 aromatic carbocycles. The summed E-state index contributed by atoms with van der Waals surface area (Å²) in [7, 11) is 0. The molecule has 0 saturated carbocycles. The van der Waals surface area contributed by atoms with Gasteiger partial charge in [-0.2, -0.15) is 0 Å². The molecule has 150 valence electrons. The number of aryl methyl sites for hydroxylation is 1. The molecule has 7 nitrogen and oxygen atoms in total. The third-order valence-electron chi connectivity index (χ3n) is 5.06. The number of nitrogens with one attached hydrogen (secondary N) is 2. The number of benzene rings is 2. The summed E-state index contributed by atoms with van der Waals surface area (Å²) in [6.45, 7) is 2.98. The highest BCUT2D eigenvalue weighted by molar-refractivity contribution is 5.94. The van der Waals surface area contributed by atoms with Crippen molar-refractivity contribution in [1.29, 1.82) is 0 Å². The van der Waals surface area contributed by atoms with Gasteiger partial charge in [-0.15, -0.1) is 5.10 Å². The van der Waals surface area contributed by atoms with Crippen LogP contribution < -0.4 is 10.6 Å². The first kappa shape index (κ1) is 19.1. The van der Waals surface area contributed by atoms with E-state index in [1.54, 1.807) is 25.1 Å². The molecule has 2 N–H and O–H groups in total. The number of amides is 1. The maximum atomic E-state index is 14.9. The summed E-state index contributed by atoms with van der Waals surface area (Å²) in [6, 6.07) is 8.43. The minimum atomic E-state index is -0.812. The van der Waals surface area contributed by atoms with E-state index >= 15 is 0 Å². The second kappa shape index (κ2) is 8.04. The molecule has 0 fully saturated rings. The summed E-state index contributed by atoms with van der Waals surface area (Å²) in [6.07, 6.45) is 0.796. The first-order valence-electron chi connectivity index (χ1n) is 9.33. The fraction of sp³-hybridized carbons (Fsp3) is 0.300. The average molecular weight is 398 g/mol. The SMILES string of the molecule is Cc1nnnn1C(Cc1ccc(F)cc1)C(=O)Nc1ccc2c(c1F)CCNC2. The number of nitrogens with zero attached hydrogens (tertiary/aromatic N) is 4. The Balaban J connectivity index is 1.62. The van der Waals surface area contributed by atoms with Crippen molar-refractivity contribution in [3.05, 3.63) is 70.5 Å². The zero-order valence-corrected chi connectivity index (χ0v) is 15.8.